The van der Waals surface area contributed by atoms with E-state index in [2.05, 4.69) is 5.32 Å². The van der Waals surface area contributed by atoms with Gasteiger partial charge in [-0.25, -0.2) is 0 Å². The fourth-order valence-corrected chi connectivity index (χ4v) is 1.82. The molecule has 0 heterocycles. The van der Waals surface area contributed by atoms with Gasteiger partial charge in [-0.15, -0.1) is 0 Å². The number of nitrogens with zero attached hydrogens (tertiary/aromatic N) is 1. The van der Waals surface area contributed by atoms with Crippen LogP contribution in [0, 0.1) is 11.3 Å². The quantitative estimate of drug-likeness (QED) is 0.850. The minimum atomic E-state index is -0.326. The summed E-state index contributed by atoms with van der Waals surface area (Å²) < 4.78 is 5.32. The van der Waals surface area contributed by atoms with Crippen molar-refractivity contribution in [1.82, 2.24) is 0 Å². The van der Waals surface area contributed by atoms with Crippen LogP contribution in [-0.2, 0) is 4.79 Å². The molecule has 0 aliphatic heterocycles. The molecule has 2 aromatic carbocycles. The number of rotatable bonds is 4. The third-order valence-corrected chi connectivity index (χ3v) is 2.94. The third-order valence-electron chi connectivity index (χ3n) is 2.62. The first-order valence-electron chi connectivity index (χ1n) is 6.06. The predicted molar refractivity (Wildman–Crippen MR) is 81.1 cm³/mol. The van der Waals surface area contributed by atoms with Gasteiger partial charge in [0.1, 0.15) is 11.8 Å². The standard InChI is InChI=1S/C15H12ClN3O2/c16-14-7-12(4-1-10(14)8-17)19-15(20)9-21-13-5-2-11(18)3-6-13/h1-7H,9,18H2,(H,19,20). The van der Waals surface area contributed by atoms with Gasteiger partial charge in [-0.2, -0.15) is 5.26 Å². The normalized spacial score (nSPS) is 9.71. The van der Waals surface area contributed by atoms with Gasteiger partial charge in [0.05, 0.1) is 10.6 Å². The van der Waals surface area contributed by atoms with Crippen LogP contribution in [0.4, 0.5) is 11.4 Å². The molecule has 21 heavy (non-hydrogen) atoms. The van der Waals surface area contributed by atoms with Crippen LogP contribution < -0.4 is 15.8 Å². The molecule has 0 aliphatic rings. The molecule has 0 saturated heterocycles. The Labute approximate surface area is 126 Å². The number of hydrogen-bond donors (Lipinski definition) is 2. The second-order valence-corrected chi connectivity index (χ2v) is 4.62. The number of benzene rings is 2. The number of nitriles is 1. The number of carbonyl (C=O) groups excluding carboxylic acids is 1. The second kappa shape index (κ2) is 6.64. The molecule has 2 aromatic rings. The van der Waals surface area contributed by atoms with E-state index in [4.69, 9.17) is 27.3 Å². The highest BCUT2D eigenvalue weighted by molar-refractivity contribution is 6.32. The average molecular weight is 302 g/mol. The molecule has 3 N–H and O–H groups in total. The van der Waals surface area contributed by atoms with Crippen molar-refractivity contribution < 1.29 is 9.53 Å². The summed E-state index contributed by atoms with van der Waals surface area (Å²) in [6.07, 6.45) is 0. The van der Waals surface area contributed by atoms with Crippen molar-refractivity contribution >= 4 is 28.9 Å². The maximum atomic E-state index is 11.7. The van der Waals surface area contributed by atoms with E-state index >= 15 is 0 Å². The topological polar surface area (TPSA) is 88.1 Å². The average Bonchev–Trinajstić information content (AvgIpc) is 2.47. The maximum Gasteiger partial charge on any atom is 0.262 e. The second-order valence-electron chi connectivity index (χ2n) is 4.21. The highest BCUT2D eigenvalue weighted by Crippen LogP contribution is 2.20. The SMILES string of the molecule is N#Cc1ccc(NC(=O)COc2ccc(N)cc2)cc1Cl. The molecular weight excluding hydrogens is 290 g/mol. The summed E-state index contributed by atoms with van der Waals surface area (Å²) >= 11 is 5.88. The lowest BCUT2D eigenvalue weighted by molar-refractivity contribution is -0.118. The fourth-order valence-electron chi connectivity index (χ4n) is 1.59. The van der Waals surface area contributed by atoms with E-state index < -0.39 is 0 Å². The van der Waals surface area contributed by atoms with E-state index in [0.717, 1.165) is 0 Å². The molecule has 1 amide bonds. The van der Waals surface area contributed by atoms with Crippen LogP contribution in [0.1, 0.15) is 5.56 Å². The first kappa shape index (κ1) is 14.7. The molecule has 0 aromatic heterocycles. The van der Waals surface area contributed by atoms with Gasteiger partial charge in [-0.1, -0.05) is 11.6 Å². The Morgan fingerprint density at radius 2 is 2.00 bits per heavy atom. The van der Waals surface area contributed by atoms with E-state index in [0.29, 0.717) is 22.7 Å². The summed E-state index contributed by atoms with van der Waals surface area (Å²) in [6.45, 7) is -0.137. The van der Waals surface area contributed by atoms with Gasteiger partial charge >= 0.3 is 0 Å². The molecule has 0 bridgehead atoms. The van der Waals surface area contributed by atoms with E-state index in [9.17, 15) is 4.79 Å². The van der Waals surface area contributed by atoms with Crippen molar-refractivity contribution in [2.45, 2.75) is 0 Å². The summed E-state index contributed by atoms with van der Waals surface area (Å²) in [5.41, 5.74) is 7.04. The van der Waals surface area contributed by atoms with E-state index in [1.807, 2.05) is 6.07 Å². The Kier molecular flexibility index (Phi) is 4.64. The molecule has 0 radical (unpaired) electrons. The van der Waals surface area contributed by atoms with Gasteiger partial charge in [-0.05, 0) is 42.5 Å². The van der Waals surface area contributed by atoms with Crippen LogP contribution in [0.2, 0.25) is 5.02 Å². The summed E-state index contributed by atoms with van der Waals surface area (Å²) in [5, 5.41) is 11.7. The van der Waals surface area contributed by atoms with E-state index in [-0.39, 0.29) is 17.5 Å². The van der Waals surface area contributed by atoms with Gasteiger partial charge in [0, 0.05) is 11.4 Å². The number of anilines is 2. The highest BCUT2D eigenvalue weighted by Gasteiger charge is 2.06. The zero-order valence-electron chi connectivity index (χ0n) is 11.0. The zero-order valence-corrected chi connectivity index (χ0v) is 11.7. The van der Waals surface area contributed by atoms with Crippen molar-refractivity contribution in [1.29, 1.82) is 5.26 Å². The van der Waals surface area contributed by atoms with Gasteiger partial charge in [0.15, 0.2) is 6.61 Å². The largest absolute Gasteiger partial charge is 0.484 e. The number of hydrogen-bond acceptors (Lipinski definition) is 4. The summed E-state index contributed by atoms with van der Waals surface area (Å²) in [6, 6.07) is 13.3. The Hall–Kier alpha value is -2.71. The molecule has 5 nitrogen and oxygen atoms in total. The summed E-state index contributed by atoms with van der Waals surface area (Å²) in [4.78, 5) is 11.7. The van der Waals surface area contributed by atoms with Gasteiger partial charge in [0.2, 0.25) is 0 Å². The Morgan fingerprint density at radius 3 is 2.62 bits per heavy atom. The smallest absolute Gasteiger partial charge is 0.262 e. The molecule has 0 spiro atoms. The number of nitrogens with one attached hydrogen (secondary N) is 1. The summed E-state index contributed by atoms with van der Waals surface area (Å²) in [5.74, 6) is 0.227. The molecule has 0 atom stereocenters. The van der Waals surface area contributed by atoms with Gasteiger partial charge in [0.25, 0.3) is 5.91 Å². The lowest BCUT2D eigenvalue weighted by atomic mass is 10.2. The summed E-state index contributed by atoms with van der Waals surface area (Å²) in [7, 11) is 0. The van der Waals surface area contributed by atoms with Crippen LogP contribution in [0.15, 0.2) is 42.5 Å². The monoisotopic (exact) mass is 301 g/mol. The van der Waals surface area contributed by atoms with Gasteiger partial charge < -0.3 is 15.8 Å². The maximum absolute atomic E-state index is 11.7. The fraction of sp³-hybridized carbons (Fsp3) is 0.0667. The number of nitrogens with two attached hydrogens (primary N) is 1. The van der Waals surface area contributed by atoms with E-state index in [1.165, 1.54) is 6.07 Å². The molecule has 0 fully saturated rings. The number of halogens is 1. The molecule has 0 saturated carbocycles. The van der Waals surface area contributed by atoms with Gasteiger partial charge in [-0.3, -0.25) is 4.79 Å². The molecule has 6 heteroatoms. The number of carbonyl (C=O) groups is 1. The zero-order chi connectivity index (χ0) is 15.2. The predicted octanol–water partition coefficient (Wildman–Crippen LogP) is 2.81. The first-order chi connectivity index (χ1) is 10.1. The highest BCUT2D eigenvalue weighted by atomic mass is 35.5. The van der Waals surface area contributed by atoms with Crippen LogP contribution in [0.25, 0.3) is 0 Å². The van der Waals surface area contributed by atoms with Crippen molar-refractivity contribution in [3.63, 3.8) is 0 Å². The minimum absolute atomic E-state index is 0.137. The van der Waals surface area contributed by atoms with Crippen molar-refractivity contribution in [2.75, 3.05) is 17.7 Å². The van der Waals surface area contributed by atoms with E-state index in [1.54, 1.807) is 36.4 Å². The Morgan fingerprint density at radius 1 is 1.29 bits per heavy atom. The third kappa shape index (κ3) is 4.13. The van der Waals surface area contributed by atoms with Crippen molar-refractivity contribution in [3.8, 4) is 11.8 Å². The molecule has 0 aliphatic carbocycles. The molecule has 106 valence electrons. The Bertz CT molecular complexity index is 693. The number of amides is 1. The first-order valence-corrected chi connectivity index (χ1v) is 6.44. The van der Waals surface area contributed by atoms with Crippen LogP contribution in [0.3, 0.4) is 0 Å². The molecular formula is C15H12ClN3O2. The van der Waals surface area contributed by atoms with Crippen LogP contribution >= 0.6 is 11.6 Å². The Balaban J connectivity index is 1.91. The lowest BCUT2D eigenvalue weighted by Crippen LogP contribution is -2.20. The number of nitrogen functional groups attached to an aromatic ring is 1. The lowest BCUT2D eigenvalue weighted by Gasteiger charge is -2.08. The van der Waals surface area contributed by atoms with Crippen molar-refractivity contribution in [2.24, 2.45) is 0 Å². The molecule has 0 unspecified atom stereocenters. The minimum Gasteiger partial charge on any atom is -0.484 e. The van der Waals surface area contributed by atoms with Crippen molar-refractivity contribution in [3.05, 3.63) is 53.1 Å². The molecule has 2 rings (SSSR count). The number of ether oxygens (including phenoxy) is 1. The van der Waals surface area contributed by atoms with Crippen LogP contribution in [0.5, 0.6) is 5.75 Å². The van der Waals surface area contributed by atoms with Crippen LogP contribution in [-0.4, -0.2) is 12.5 Å².